The Morgan fingerprint density at radius 2 is 1.95 bits per heavy atom. The molecule has 1 aromatic carbocycles. The normalized spacial score (nSPS) is 20.8. The smallest absolute Gasteiger partial charge is 0.251 e. The second-order valence-electron chi connectivity index (χ2n) is 4.69. The number of hydrogen-bond donors (Lipinski definition) is 2. The molecular weight excluding hydrogens is 290 g/mol. The van der Waals surface area contributed by atoms with Gasteiger partial charge in [-0.05, 0) is 25.0 Å². The van der Waals surface area contributed by atoms with Crippen molar-refractivity contribution < 1.29 is 22.0 Å². The topological polar surface area (TPSA) is 89.3 Å². The van der Waals surface area contributed by atoms with Gasteiger partial charge in [0.25, 0.3) is 5.91 Å². The SMILES string of the molecule is Nc1c(F)cc(C(=O)NCC2CCCS2(=O)=O)cc1F. The molecule has 1 fully saturated rings. The van der Waals surface area contributed by atoms with Gasteiger partial charge in [-0.25, -0.2) is 17.2 Å². The molecule has 0 aliphatic carbocycles. The maximum Gasteiger partial charge on any atom is 0.251 e. The lowest BCUT2D eigenvalue weighted by molar-refractivity contribution is 0.0952. The van der Waals surface area contributed by atoms with Crippen LogP contribution in [0.5, 0.6) is 0 Å². The zero-order valence-electron chi connectivity index (χ0n) is 10.5. The highest BCUT2D eigenvalue weighted by atomic mass is 32.2. The van der Waals surface area contributed by atoms with Crippen molar-refractivity contribution in [3.63, 3.8) is 0 Å². The zero-order valence-corrected chi connectivity index (χ0v) is 11.3. The molecule has 1 amide bonds. The summed E-state index contributed by atoms with van der Waals surface area (Å²) in [5.74, 6) is -2.67. The molecule has 2 rings (SSSR count). The Balaban J connectivity index is 2.06. The number of nitrogen functional groups attached to an aromatic ring is 1. The predicted octanol–water partition coefficient (Wildman–Crippen LogP) is 0.854. The molecule has 1 unspecified atom stereocenters. The lowest BCUT2D eigenvalue weighted by atomic mass is 10.1. The fourth-order valence-corrected chi connectivity index (χ4v) is 3.88. The number of sulfone groups is 1. The van der Waals surface area contributed by atoms with Crippen LogP contribution in [-0.2, 0) is 9.84 Å². The molecule has 8 heteroatoms. The molecule has 20 heavy (non-hydrogen) atoms. The van der Waals surface area contributed by atoms with Gasteiger partial charge in [0.2, 0.25) is 0 Å². The predicted molar refractivity (Wildman–Crippen MR) is 69.9 cm³/mol. The summed E-state index contributed by atoms with van der Waals surface area (Å²) in [5.41, 5.74) is 4.21. The molecule has 3 N–H and O–H groups in total. The first-order valence-electron chi connectivity index (χ1n) is 6.05. The standard InChI is InChI=1S/C12H14F2N2O3S/c13-9-4-7(5-10(14)11(9)15)12(17)16-6-8-2-1-3-20(8,18)19/h4-5,8H,1-3,6,15H2,(H,16,17). The molecular formula is C12H14F2N2O3S. The van der Waals surface area contributed by atoms with Crippen molar-refractivity contribution in [2.24, 2.45) is 0 Å². The highest BCUT2D eigenvalue weighted by Gasteiger charge is 2.31. The van der Waals surface area contributed by atoms with E-state index in [1.54, 1.807) is 0 Å². The fourth-order valence-electron chi connectivity index (χ4n) is 2.11. The number of rotatable bonds is 3. The summed E-state index contributed by atoms with van der Waals surface area (Å²) in [5, 5.41) is 1.75. The number of nitrogens with one attached hydrogen (secondary N) is 1. The van der Waals surface area contributed by atoms with E-state index in [0.29, 0.717) is 12.8 Å². The van der Waals surface area contributed by atoms with E-state index < -0.39 is 38.3 Å². The highest BCUT2D eigenvalue weighted by molar-refractivity contribution is 7.92. The van der Waals surface area contributed by atoms with Crippen LogP contribution in [-0.4, -0.2) is 31.9 Å². The molecule has 1 atom stereocenters. The summed E-state index contributed by atoms with van der Waals surface area (Å²) in [4.78, 5) is 11.7. The van der Waals surface area contributed by atoms with Crippen molar-refractivity contribution in [2.45, 2.75) is 18.1 Å². The maximum absolute atomic E-state index is 13.2. The number of hydrogen-bond acceptors (Lipinski definition) is 4. The highest BCUT2D eigenvalue weighted by Crippen LogP contribution is 2.20. The van der Waals surface area contributed by atoms with Crippen molar-refractivity contribution in [1.29, 1.82) is 0 Å². The molecule has 1 heterocycles. The van der Waals surface area contributed by atoms with Crippen LogP contribution in [0.4, 0.5) is 14.5 Å². The van der Waals surface area contributed by atoms with Gasteiger partial charge in [-0.15, -0.1) is 0 Å². The van der Waals surface area contributed by atoms with Gasteiger partial charge >= 0.3 is 0 Å². The van der Waals surface area contributed by atoms with Gasteiger partial charge in [0.1, 0.15) is 17.3 Å². The van der Waals surface area contributed by atoms with Crippen LogP contribution in [0.15, 0.2) is 12.1 Å². The summed E-state index contributed by atoms with van der Waals surface area (Å²) < 4.78 is 49.6. The van der Waals surface area contributed by atoms with E-state index in [9.17, 15) is 22.0 Å². The molecule has 0 radical (unpaired) electrons. The van der Waals surface area contributed by atoms with Gasteiger partial charge in [0, 0.05) is 12.1 Å². The van der Waals surface area contributed by atoms with Gasteiger partial charge in [-0.1, -0.05) is 0 Å². The lowest BCUT2D eigenvalue weighted by Gasteiger charge is -2.11. The molecule has 0 aromatic heterocycles. The third-order valence-electron chi connectivity index (χ3n) is 3.29. The zero-order chi connectivity index (χ0) is 14.9. The second kappa shape index (κ2) is 5.35. The van der Waals surface area contributed by atoms with Crippen molar-refractivity contribution in [2.75, 3.05) is 18.0 Å². The Kier molecular flexibility index (Phi) is 3.94. The Bertz CT molecular complexity index is 623. The summed E-state index contributed by atoms with van der Waals surface area (Å²) in [6.07, 6.45) is 1.04. The molecule has 110 valence electrons. The van der Waals surface area contributed by atoms with Gasteiger partial charge in [-0.2, -0.15) is 0 Å². The molecule has 1 aliphatic heterocycles. The van der Waals surface area contributed by atoms with Crippen LogP contribution in [0.2, 0.25) is 0 Å². The van der Waals surface area contributed by atoms with Crippen molar-refractivity contribution >= 4 is 21.4 Å². The Morgan fingerprint density at radius 1 is 1.35 bits per heavy atom. The summed E-state index contributed by atoms with van der Waals surface area (Å²) in [7, 11) is -3.17. The van der Waals surface area contributed by atoms with E-state index in [4.69, 9.17) is 5.73 Å². The van der Waals surface area contributed by atoms with Crippen LogP contribution in [0, 0.1) is 11.6 Å². The number of carbonyl (C=O) groups excluding carboxylic acids is 1. The third kappa shape index (κ3) is 2.90. The first kappa shape index (κ1) is 14.7. The van der Waals surface area contributed by atoms with Crippen molar-refractivity contribution in [3.8, 4) is 0 Å². The summed E-state index contributed by atoms with van der Waals surface area (Å²) >= 11 is 0. The van der Waals surface area contributed by atoms with Crippen molar-refractivity contribution in [3.05, 3.63) is 29.3 Å². The van der Waals surface area contributed by atoms with E-state index in [-0.39, 0.29) is 17.9 Å². The van der Waals surface area contributed by atoms with E-state index in [0.717, 1.165) is 12.1 Å². The molecule has 1 saturated heterocycles. The Labute approximate surface area is 115 Å². The number of anilines is 1. The van der Waals surface area contributed by atoms with Crippen LogP contribution in [0.1, 0.15) is 23.2 Å². The minimum Gasteiger partial charge on any atom is -0.394 e. The number of carbonyl (C=O) groups is 1. The average molecular weight is 304 g/mol. The maximum atomic E-state index is 13.2. The summed E-state index contributed by atoms with van der Waals surface area (Å²) in [6, 6.07) is 1.63. The van der Waals surface area contributed by atoms with Crippen molar-refractivity contribution in [1.82, 2.24) is 5.32 Å². The second-order valence-corrected chi connectivity index (χ2v) is 7.10. The first-order valence-corrected chi connectivity index (χ1v) is 7.77. The monoisotopic (exact) mass is 304 g/mol. The minimum atomic E-state index is -3.17. The number of benzene rings is 1. The molecule has 0 spiro atoms. The van der Waals surface area contributed by atoms with Crippen LogP contribution in [0.3, 0.4) is 0 Å². The number of halogens is 2. The number of nitrogens with two attached hydrogens (primary N) is 1. The van der Waals surface area contributed by atoms with Gasteiger partial charge in [0.15, 0.2) is 9.84 Å². The molecule has 5 nitrogen and oxygen atoms in total. The fraction of sp³-hybridized carbons (Fsp3) is 0.417. The van der Waals surface area contributed by atoms with E-state index in [1.165, 1.54) is 0 Å². The quantitative estimate of drug-likeness (QED) is 0.810. The van der Waals surface area contributed by atoms with Crippen LogP contribution < -0.4 is 11.1 Å². The minimum absolute atomic E-state index is 0.0607. The average Bonchev–Trinajstić information content (AvgIpc) is 2.71. The lowest BCUT2D eigenvalue weighted by Crippen LogP contribution is -2.34. The molecule has 0 saturated carbocycles. The Morgan fingerprint density at radius 3 is 2.45 bits per heavy atom. The first-order chi connectivity index (χ1) is 9.31. The number of amides is 1. The van der Waals surface area contributed by atoms with E-state index >= 15 is 0 Å². The molecule has 1 aromatic rings. The van der Waals surface area contributed by atoms with Crippen LogP contribution >= 0.6 is 0 Å². The third-order valence-corrected chi connectivity index (χ3v) is 5.57. The van der Waals surface area contributed by atoms with E-state index in [1.807, 2.05) is 0 Å². The van der Waals surface area contributed by atoms with Gasteiger partial charge < -0.3 is 11.1 Å². The molecule has 0 bridgehead atoms. The van der Waals surface area contributed by atoms with Gasteiger partial charge in [0.05, 0.1) is 11.0 Å². The van der Waals surface area contributed by atoms with Gasteiger partial charge in [-0.3, -0.25) is 4.79 Å². The summed E-state index contributed by atoms with van der Waals surface area (Å²) in [6.45, 7) is -0.0607. The largest absolute Gasteiger partial charge is 0.394 e. The van der Waals surface area contributed by atoms with E-state index in [2.05, 4.69) is 5.32 Å². The Hall–Kier alpha value is -1.70. The van der Waals surface area contributed by atoms with Crippen LogP contribution in [0.25, 0.3) is 0 Å². The molecule has 1 aliphatic rings.